The number of H-pyrrole nitrogens is 1. The monoisotopic (exact) mass is 398 g/mol. The van der Waals surface area contributed by atoms with Crippen LogP contribution in [0.1, 0.15) is 53.6 Å². The highest BCUT2D eigenvalue weighted by Crippen LogP contribution is 2.46. The van der Waals surface area contributed by atoms with E-state index in [9.17, 15) is 14.4 Å². The number of hydrogen-bond acceptors (Lipinski definition) is 3. The van der Waals surface area contributed by atoms with Crippen LogP contribution in [-0.4, -0.2) is 27.0 Å². The van der Waals surface area contributed by atoms with E-state index in [2.05, 4.69) is 4.98 Å². The zero-order valence-corrected chi connectivity index (χ0v) is 15.6. The Morgan fingerprint density at radius 3 is 2.40 bits per heavy atom. The van der Waals surface area contributed by atoms with Crippen molar-refractivity contribution in [2.75, 3.05) is 0 Å². The first-order chi connectivity index (χ1) is 14.1. The van der Waals surface area contributed by atoms with Gasteiger partial charge < -0.3 is 4.98 Å². The summed E-state index contributed by atoms with van der Waals surface area (Å²) in [5, 5.41) is 1.88. The van der Waals surface area contributed by atoms with Crippen LogP contribution in [0.4, 0.5) is 0 Å². The first-order valence-electron chi connectivity index (χ1n) is 9.91. The summed E-state index contributed by atoms with van der Waals surface area (Å²) in [6.45, 7) is 0. The van der Waals surface area contributed by atoms with E-state index in [0.717, 1.165) is 38.5 Å². The second-order valence-electron chi connectivity index (χ2n) is 8.02. The number of aromatic nitrogens is 2. The average molecular weight is 398 g/mol. The fraction of sp³-hybridized carbons (Fsp3) is 0.240. The molecule has 1 aliphatic heterocycles. The van der Waals surface area contributed by atoms with Gasteiger partial charge in [-0.05, 0) is 29.2 Å². The summed E-state index contributed by atoms with van der Waals surface area (Å²) in [4.78, 5) is 41.7. The van der Waals surface area contributed by atoms with Gasteiger partial charge in [-0.3, -0.25) is 19.0 Å². The van der Waals surface area contributed by atoms with Crippen molar-refractivity contribution in [3.63, 3.8) is 0 Å². The van der Waals surface area contributed by atoms with Gasteiger partial charge in [0.2, 0.25) is 5.91 Å². The smallest absolute Gasteiger partial charge is 0.231 e. The van der Waals surface area contributed by atoms with Crippen LogP contribution in [-0.2, 0) is 16.0 Å². The number of fused-ring (bicyclic) bond motifs is 1. The van der Waals surface area contributed by atoms with Crippen LogP contribution in [0.15, 0.2) is 54.9 Å². The molecule has 0 radical (unpaired) electrons. The number of benzene rings is 2. The molecule has 1 fully saturated rings. The quantitative estimate of drug-likeness (QED) is 0.495. The Morgan fingerprint density at radius 2 is 1.57 bits per heavy atom. The first-order valence-corrected chi connectivity index (χ1v) is 9.91. The second-order valence-corrected chi connectivity index (χ2v) is 8.02. The number of para-hydroxylation sites is 2. The number of ketones is 2. The number of nitrogens with one attached hydrogen (secondary N) is 1. The summed E-state index contributed by atoms with van der Waals surface area (Å²) in [5.41, 5.74) is 4.62. The Labute approximate surface area is 173 Å². The van der Waals surface area contributed by atoms with Crippen molar-refractivity contribution in [3.8, 4) is 0 Å². The predicted molar refractivity (Wildman–Crippen MR) is 116 cm³/mol. The van der Waals surface area contributed by atoms with E-state index in [1.165, 1.54) is 0 Å². The van der Waals surface area contributed by atoms with Gasteiger partial charge in [-0.1, -0.05) is 43.8 Å². The number of hydrogen-bond donors (Lipinski definition) is 1. The van der Waals surface area contributed by atoms with Gasteiger partial charge in [-0.25, -0.2) is 0 Å². The molecule has 3 heterocycles. The van der Waals surface area contributed by atoms with Gasteiger partial charge in [-0.2, -0.15) is 0 Å². The van der Waals surface area contributed by atoms with Crippen molar-refractivity contribution in [1.29, 1.82) is 0 Å². The van der Waals surface area contributed by atoms with Crippen LogP contribution in [0, 0.1) is 0 Å². The minimum atomic E-state index is -0.563. The number of carbonyl (C=O) groups is 3. The molecule has 30 heavy (non-hydrogen) atoms. The van der Waals surface area contributed by atoms with Crippen LogP contribution in [0.5, 0.6) is 0 Å². The zero-order chi connectivity index (χ0) is 19.7. The van der Waals surface area contributed by atoms with Crippen molar-refractivity contribution < 1.29 is 14.4 Å². The molecular formula is C25H22N2O3. The van der Waals surface area contributed by atoms with Gasteiger partial charge in [0.1, 0.15) is 11.6 Å². The Hall–Kier alpha value is -3.47. The highest BCUT2D eigenvalue weighted by atomic mass is 16.2. The topological polar surface area (TPSA) is 71.9 Å². The lowest BCUT2D eigenvalue weighted by Gasteiger charge is -2.17. The number of aryl methyl sites for hydroxylation is 1. The SMILES string of the molecule is C.O=C1CC(=O)[C@@H](c2cn3c4c(cccc24)CCC3=O)[C@@H]1c1c[nH]c2ccccc12. The van der Waals surface area contributed by atoms with E-state index in [0.29, 0.717) is 12.8 Å². The fourth-order valence-electron chi connectivity index (χ4n) is 5.21. The van der Waals surface area contributed by atoms with Crippen LogP contribution in [0.2, 0.25) is 0 Å². The summed E-state index contributed by atoms with van der Waals surface area (Å²) >= 11 is 0. The van der Waals surface area contributed by atoms with Crippen LogP contribution >= 0.6 is 0 Å². The number of rotatable bonds is 2. The molecule has 6 rings (SSSR count). The van der Waals surface area contributed by atoms with Crippen LogP contribution in [0.3, 0.4) is 0 Å². The molecule has 0 spiro atoms. The molecule has 2 aromatic carbocycles. The van der Waals surface area contributed by atoms with E-state index in [1.54, 1.807) is 10.8 Å². The largest absolute Gasteiger partial charge is 0.361 e. The maximum Gasteiger partial charge on any atom is 0.231 e. The lowest BCUT2D eigenvalue weighted by molar-refractivity contribution is -0.122. The van der Waals surface area contributed by atoms with Gasteiger partial charge in [0, 0.05) is 35.1 Å². The highest BCUT2D eigenvalue weighted by Gasteiger charge is 2.45. The molecule has 0 saturated heterocycles. The number of Topliss-reactive ketones (excluding diaryl/α,β-unsaturated/α-hetero) is 2. The lowest BCUT2D eigenvalue weighted by Crippen LogP contribution is -2.16. The summed E-state index contributed by atoms with van der Waals surface area (Å²) in [6.07, 6.45) is 4.77. The van der Waals surface area contributed by atoms with Crippen molar-refractivity contribution in [3.05, 3.63) is 71.5 Å². The van der Waals surface area contributed by atoms with Gasteiger partial charge >= 0.3 is 0 Å². The van der Waals surface area contributed by atoms with Crippen molar-refractivity contribution >= 4 is 39.3 Å². The lowest BCUT2D eigenvalue weighted by atomic mass is 9.83. The number of carbonyl (C=O) groups excluding carboxylic acids is 3. The van der Waals surface area contributed by atoms with E-state index in [4.69, 9.17) is 0 Å². The maximum absolute atomic E-state index is 13.0. The molecule has 1 aliphatic carbocycles. The third kappa shape index (κ3) is 2.38. The van der Waals surface area contributed by atoms with E-state index < -0.39 is 11.8 Å². The van der Waals surface area contributed by atoms with Gasteiger partial charge in [-0.15, -0.1) is 0 Å². The third-order valence-electron chi connectivity index (χ3n) is 6.48. The Bertz CT molecular complexity index is 1360. The molecule has 4 aromatic rings. The van der Waals surface area contributed by atoms with Gasteiger partial charge in [0.15, 0.2) is 0 Å². The molecule has 0 unspecified atom stereocenters. The normalized spacial score (nSPS) is 20.9. The summed E-state index contributed by atoms with van der Waals surface area (Å²) in [6, 6.07) is 13.8. The zero-order valence-electron chi connectivity index (χ0n) is 15.6. The summed E-state index contributed by atoms with van der Waals surface area (Å²) < 4.78 is 1.69. The summed E-state index contributed by atoms with van der Waals surface area (Å²) in [5.74, 6) is -1.17. The van der Waals surface area contributed by atoms with E-state index in [1.807, 2.05) is 48.7 Å². The minimum absolute atomic E-state index is 0. The van der Waals surface area contributed by atoms with Crippen molar-refractivity contribution in [1.82, 2.24) is 9.55 Å². The fourth-order valence-corrected chi connectivity index (χ4v) is 5.21. The molecule has 1 N–H and O–H groups in total. The van der Waals surface area contributed by atoms with Gasteiger partial charge in [0.05, 0.1) is 23.8 Å². The Morgan fingerprint density at radius 1 is 0.833 bits per heavy atom. The summed E-state index contributed by atoms with van der Waals surface area (Å²) in [7, 11) is 0. The number of aromatic amines is 1. The standard InChI is InChI=1S/C24H18N2O3.CH4/c27-19-10-20(28)23(22(19)16-11-25-18-7-2-1-5-14(16)18)17-12-26-21(29)9-8-13-4-3-6-15(17)24(13)26;/h1-7,11-12,22-23,25H,8-10H2;1H4/t22-,23-;/m1./s1. The molecular weight excluding hydrogens is 376 g/mol. The molecule has 5 nitrogen and oxygen atoms in total. The Balaban J connectivity index is 0.00000193. The van der Waals surface area contributed by atoms with Crippen LogP contribution < -0.4 is 0 Å². The predicted octanol–water partition coefficient (Wildman–Crippen LogP) is 4.75. The molecule has 2 aliphatic rings. The van der Waals surface area contributed by atoms with Gasteiger partial charge in [0.25, 0.3) is 0 Å². The Kier molecular flexibility index (Phi) is 4.03. The van der Waals surface area contributed by atoms with Crippen molar-refractivity contribution in [2.45, 2.75) is 38.5 Å². The molecule has 150 valence electrons. The molecule has 0 amide bonds. The molecule has 2 aromatic heterocycles. The minimum Gasteiger partial charge on any atom is -0.361 e. The third-order valence-corrected chi connectivity index (χ3v) is 6.48. The highest BCUT2D eigenvalue weighted by molar-refractivity contribution is 6.16. The van der Waals surface area contributed by atoms with E-state index >= 15 is 0 Å². The first kappa shape index (κ1) is 18.6. The van der Waals surface area contributed by atoms with Crippen LogP contribution in [0.25, 0.3) is 21.8 Å². The molecule has 1 saturated carbocycles. The second kappa shape index (κ2) is 6.52. The van der Waals surface area contributed by atoms with E-state index in [-0.39, 0.29) is 31.3 Å². The molecule has 5 heteroatoms. The molecule has 0 bridgehead atoms. The number of nitrogens with zero attached hydrogens (tertiary/aromatic N) is 1. The molecule has 2 atom stereocenters. The maximum atomic E-state index is 13.0. The van der Waals surface area contributed by atoms with Crippen molar-refractivity contribution in [2.24, 2.45) is 0 Å². The average Bonchev–Trinajstić information content (AvgIpc) is 3.39.